The van der Waals surface area contributed by atoms with Gasteiger partial charge in [0.15, 0.2) is 5.13 Å². The molecule has 0 fully saturated rings. The van der Waals surface area contributed by atoms with Crippen LogP contribution in [0.3, 0.4) is 0 Å². The van der Waals surface area contributed by atoms with Gasteiger partial charge < -0.3 is 10.6 Å². The number of aromatic nitrogens is 1. The second kappa shape index (κ2) is 7.26. The Bertz CT molecular complexity index is 481. The first-order chi connectivity index (χ1) is 9.33. The summed E-state index contributed by atoms with van der Waals surface area (Å²) in [7, 11) is 0. The first-order valence-corrected chi connectivity index (χ1v) is 7.64. The van der Waals surface area contributed by atoms with Crippen molar-refractivity contribution in [2.45, 2.75) is 26.3 Å². The normalized spacial score (nSPS) is 10.6. The summed E-state index contributed by atoms with van der Waals surface area (Å²) in [6, 6.07) is 10.5. The molecule has 0 unspecified atom stereocenters. The SMILES string of the molecule is CCc1csc(N(CCCN)Cc2ccccc2)n1. The van der Waals surface area contributed by atoms with Crippen molar-refractivity contribution in [1.29, 1.82) is 0 Å². The minimum atomic E-state index is 0.720. The zero-order valence-corrected chi connectivity index (χ0v) is 12.2. The van der Waals surface area contributed by atoms with Crippen LogP contribution in [0.2, 0.25) is 0 Å². The molecular weight excluding hydrogens is 254 g/mol. The van der Waals surface area contributed by atoms with E-state index in [1.807, 2.05) is 6.07 Å². The molecule has 0 amide bonds. The number of hydrogen-bond acceptors (Lipinski definition) is 4. The molecule has 0 radical (unpaired) electrons. The Morgan fingerprint density at radius 2 is 2.05 bits per heavy atom. The lowest BCUT2D eigenvalue weighted by molar-refractivity contribution is 0.731. The van der Waals surface area contributed by atoms with Gasteiger partial charge in [-0.05, 0) is 24.9 Å². The van der Waals surface area contributed by atoms with Crippen molar-refractivity contribution < 1.29 is 0 Å². The van der Waals surface area contributed by atoms with Crippen molar-refractivity contribution >= 4 is 16.5 Å². The molecule has 0 spiro atoms. The number of rotatable bonds is 7. The van der Waals surface area contributed by atoms with E-state index in [9.17, 15) is 0 Å². The molecule has 0 bridgehead atoms. The Labute approximate surface area is 119 Å². The van der Waals surface area contributed by atoms with Gasteiger partial charge in [-0.15, -0.1) is 11.3 Å². The van der Waals surface area contributed by atoms with Crippen LogP contribution in [0.15, 0.2) is 35.7 Å². The number of nitrogens with zero attached hydrogens (tertiary/aromatic N) is 2. The van der Waals surface area contributed by atoms with Crippen molar-refractivity contribution in [3.05, 3.63) is 47.0 Å². The topological polar surface area (TPSA) is 42.1 Å². The molecule has 1 aromatic carbocycles. The highest BCUT2D eigenvalue weighted by molar-refractivity contribution is 7.13. The van der Waals surface area contributed by atoms with Crippen molar-refractivity contribution in [3.63, 3.8) is 0 Å². The van der Waals surface area contributed by atoms with Crippen LogP contribution in [0.1, 0.15) is 24.6 Å². The summed E-state index contributed by atoms with van der Waals surface area (Å²) in [5, 5.41) is 3.25. The van der Waals surface area contributed by atoms with Gasteiger partial charge in [-0.25, -0.2) is 4.98 Å². The summed E-state index contributed by atoms with van der Waals surface area (Å²) in [5.74, 6) is 0. The number of hydrogen-bond donors (Lipinski definition) is 1. The van der Waals surface area contributed by atoms with Crippen molar-refractivity contribution in [1.82, 2.24) is 4.98 Å². The van der Waals surface area contributed by atoms with Gasteiger partial charge in [-0.3, -0.25) is 0 Å². The van der Waals surface area contributed by atoms with Gasteiger partial charge in [0.05, 0.1) is 5.69 Å². The number of anilines is 1. The molecule has 0 saturated heterocycles. The molecule has 2 N–H and O–H groups in total. The fraction of sp³-hybridized carbons (Fsp3) is 0.400. The van der Waals surface area contributed by atoms with Crippen LogP contribution in [0.25, 0.3) is 0 Å². The largest absolute Gasteiger partial charge is 0.344 e. The van der Waals surface area contributed by atoms with Crippen molar-refractivity contribution in [2.24, 2.45) is 5.73 Å². The quantitative estimate of drug-likeness (QED) is 0.844. The molecule has 0 atom stereocenters. The average Bonchev–Trinajstić information content (AvgIpc) is 2.93. The summed E-state index contributed by atoms with van der Waals surface area (Å²) < 4.78 is 0. The van der Waals surface area contributed by atoms with Gasteiger partial charge >= 0.3 is 0 Å². The molecule has 1 aromatic heterocycles. The van der Waals surface area contributed by atoms with Gasteiger partial charge in [0, 0.05) is 18.5 Å². The summed E-state index contributed by atoms with van der Waals surface area (Å²) in [5.41, 5.74) is 8.12. The molecule has 19 heavy (non-hydrogen) atoms. The highest BCUT2D eigenvalue weighted by Crippen LogP contribution is 2.23. The Morgan fingerprint density at radius 1 is 1.26 bits per heavy atom. The third kappa shape index (κ3) is 4.04. The van der Waals surface area contributed by atoms with Crippen LogP contribution in [0.5, 0.6) is 0 Å². The van der Waals surface area contributed by atoms with E-state index in [0.29, 0.717) is 0 Å². The van der Waals surface area contributed by atoms with Crippen molar-refractivity contribution in [3.8, 4) is 0 Å². The van der Waals surface area contributed by atoms with Gasteiger partial charge in [-0.2, -0.15) is 0 Å². The summed E-state index contributed by atoms with van der Waals surface area (Å²) in [6.07, 6.45) is 1.99. The standard InChI is InChI=1S/C15H21N3S/c1-2-14-12-19-15(17-14)18(10-6-9-16)11-13-7-4-3-5-8-13/h3-5,7-8,12H,2,6,9-11,16H2,1H3. The number of nitrogens with two attached hydrogens (primary N) is 1. The molecule has 2 aromatic rings. The third-order valence-electron chi connectivity index (χ3n) is 3.02. The zero-order chi connectivity index (χ0) is 13.5. The van der Waals surface area contributed by atoms with E-state index in [0.717, 1.165) is 37.6 Å². The predicted molar refractivity (Wildman–Crippen MR) is 82.7 cm³/mol. The minimum absolute atomic E-state index is 0.720. The Balaban J connectivity index is 2.11. The van der Waals surface area contributed by atoms with Crippen LogP contribution >= 0.6 is 11.3 Å². The molecule has 4 heteroatoms. The lowest BCUT2D eigenvalue weighted by Crippen LogP contribution is -2.25. The minimum Gasteiger partial charge on any atom is -0.344 e. The van der Waals surface area contributed by atoms with Crippen molar-refractivity contribution in [2.75, 3.05) is 18.0 Å². The molecule has 0 aliphatic rings. The van der Waals surface area contributed by atoms with E-state index >= 15 is 0 Å². The summed E-state index contributed by atoms with van der Waals surface area (Å²) in [6.45, 7) is 4.72. The fourth-order valence-corrected chi connectivity index (χ4v) is 2.87. The Kier molecular flexibility index (Phi) is 5.36. The second-order valence-corrected chi connectivity index (χ2v) is 5.36. The first-order valence-electron chi connectivity index (χ1n) is 6.76. The predicted octanol–water partition coefficient (Wildman–Crippen LogP) is 3.06. The van der Waals surface area contributed by atoms with Crippen LogP contribution in [-0.2, 0) is 13.0 Å². The first kappa shape index (κ1) is 14.0. The fourth-order valence-electron chi connectivity index (χ4n) is 1.93. The highest BCUT2D eigenvalue weighted by atomic mass is 32.1. The molecular formula is C15H21N3S. The zero-order valence-electron chi connectivity index (χ0n) is 11.4. The Morgan fingerprint density at radius 3 is 2.68 bits per heavy atom. The van der Waals surface area contributed by atoms with Gasteiger partial charge in [0.1, 0.15) is 0 Å². The van der Waals surface area contributed by atoms with Gasteiger partial charge in [0.2, 0.25) is 0 Å². The van der Waals surface area contributed by atoms with Crippen LogP contribution in [-0.4, -0.2) is 18.1 Å². The maximum Gasteiger partial charge on any atom is 0.185 e. The monoisotopic (exact) mass is 275 g/mol. The molecule has 0 aliphatic carbocycles. The summed E-state index contributed by atoms with van der Waals surface area (Å²) in [4.78, 5) is 7.01. The maximum absolute atomic E-state index is 5.64. The van der Waals surface area contributed by atoms with Gasteiger partial charge in [-0.1, -0.05) is 37.3 Å². The molecule has 1 heterocycles. The number of aryl methyl sites for hydroxylation is 1. The third-order valence-corrected chi connectivity index (χ3v) is 3.97. The molecule has 102 valence electrons. The van der Waals surface area contributed by atoms with Crippen LogP contribution < -0.4 is 10.6 Å². The molecule has 2 rings (SSSR count). The van der Waals surface area contributed by atoms with E-state index in [2.05, 4.69) is 46.5 Å². The molecule has 3 nitrogen and oxygen atoms in total. The molecule has 0 saturated carbocycles. The van der Waals surface area contributed by atoms with Crippen LogP contribution in [0.4, 0.5) is 5.13 Å². The highest BCUT2D eigenvalue weighted by Gasteiger charge is 2.11. The number of thiazole rings is 1. The summed E-state index contributed by atoms with van der Waals surface area (Å²) >= 11 is 1.73. The molecule has 0 aliphatic heterocycles. The van der Waals surface area contributed by atoms with E-state index in [1.165, 1.54) is 11.3 Å². The maximum atomic E-state index is 5.64. The lowest BCUT2D eigenvalue weighted by Gasteiger charge is -2.21. The van der Waals surface area contributed by atoms with E-state index in [1.54, 1.807) is 11.3 Å². The van der Waals surface area contributed by atoms with E-state index < -0.39 is 0 Å². The van der Waals surface area contributed by atoms with E-state index in [-0.39, 0.29) is 0 Å². The smallest absolute Gasteiger partial charge is 0.185 e. The lowest BCUT2D eigenvalue weighted by atomic mass is 10.2. The van der Waals surface area contributed by atoms with Crippen LogP contribution in [0, 0.1) is 0 Å². The Hall–Kier alpha value is -1.39. The number of benzene rings is 1. The average molecular weight is 275 g/mol. The second-order valence-electron chi connectivity index (χ2n) is 4.52. The van der Waals surface area contributed by atoms with E-state index in [4.69, 9.17) is 5.73 Å². The van der Waals surface area contributed by atoms with Gasteiger partial charge in [0.25, 0.3) is 0 Å².